The molecule has 1 saturated carbocycles. The third-order valence-corrected chi connectivity index (χ3v) is 4.77. The molecule has 3 N–H and O–H groups in total. The van der Waals surface area contributed by atoms with E-state index in [0.29, 0.717) is 11.8 Å². The van der Waals surface area contributed by atoms with Crippen molar-refractivity contribution >= 4 is 5.91 Å². The number of carbonyl (C=O) groups excluding carboxylic acids is 1. The molecule has 0 aliphatic heterocycles. The third-order valence-electron chi connectivity index (χ3n) is 4.77. The highest BCUT2D eigenvalue weighted by molar-refractivity contribution is 5.79. The first-order valence-electron chi connectivity index (χ1n) is 8.54. The quantitative estimate of drug-likeness (QED) is 0.870. The summed E-state index contributed by atoms with van der Waals surface area (Å²) < 4.78 is 0. The maximum Gasteiger partial charge on any atom is 0.223 e. The molecule has 3 heteroatoms. The van der Waals surface area contributed by atoms with Gasteiger partial charge in [0.1, 0.15) is 0 Å². The van der Waals surface area contributed by atoms with Gasteiger partial charge in [-0.25, -0.2) is 0 Å². The Morgan fingerprint density at radius 3 is 2.14 bits per heavy atom. The van der Waals surface area contributed by atoms with Crippen LogP contribution in [0.1, 0.15) is 70.0 Å². The summed E-state index contributed by atoms with van der Waals surface area (Å²) >= 11 is 0. The highest BCUT2D eigenvalue weighted by atomic mass is 16.1. The van der Waals surface area contributed by atoms with E-state index in [9.17, 15) is 4.79 Å². The zero-order valence-corrected chi connectivity index (χ0v) is 14.3. The van der Waals surface area contributed by atoms with Crippen molar-refractivity contribution in [2.24, 2.45) is 17.6 Å². The Morgan fingerprint density at radius 2 is 1.68 bits per heavy atom. The van der Waals surface area contributed by atoms with Gasteiger partial charge in [0.15, 0.2) is 0 Å². The molecule has 22 heavy (non-hydrogen) atoms. The number of benzene rings is 1. The minimum Gasteiger partial charge on any atom is -0.349 e. The molecule has 1 fully saturated rings. The molecule has 3 unspecified atom stereocenters. The molecular formula is C19H30N2O. The van der Waals surface area contributed by atoms with Gasteiger partial charge >= 0.3 is 0 Å². The van der Waals surface area contributed by atoms with Crippen molar-refractivity contribution in [1.29, 1.82) is 0 Å². The van der Waals surface area contributed by atoms with Crippen LogP contribution < -0.4 is 11.1 Å². The Hall–Kier alpha value is -1.35. The molecule has 0 aromatic heterocycles. The summed E-state index contributed by atoms with van der Waals surface area (Å²) in [5, 5.41) is 3.25. The minimum atomic E-state index is 0.0746. The molecule has 3 atom stereocenters. The van der Waals surface area contributed by atoms with Gasteiger partial charge in [0.2, 0.25) is 5.91 Å². The normalized spacial score (nSPS) is 23.0. The summed E-state index contributed by atoms with van der Waals surface area (Å²) in [5.74, 6) is 1.15. The van der Waals surface area contributed by atoms with Crippen LogP contribution >= 0.6 is 0 Å². The average molecular weight is 302 g/mol. The number of carbonyl (C=O) groups is 1. The van der Waals surface area contributed by atoms with E-state index in [0.717, 1.165) is 19.3 Å². The van der Waals surface area contributed by atoms with Gasteiger partial charge in [-0.3, -0.25) is 4.79 Å². The molecular weight excluding hydrogens is 272 g/mol. The summed E-state index contributed by atoms with van der Waals surface area (Å²) in [4.78, 5) is 12.5. The highest BCUT2D eigenvalue weighted by Crippen LogP contribution is 2.28. The smallest absolute Gasteiger partial charge is 0.223 e. The number of nitrogens with one attached hydrogen (secondary N) is 1. The van der Waals surface area contributed by atoms with Gasteiger partial charge in [-0.1, -0.05) is 52.0 Å². The van der Waals surface area contributed by atoms with E-state index in [2.05, 4.69) is 57.3 Å². The Kier molecular flexibility index (Phi) is 5.63. The van der Waals surface area contributed by atoms with E-state index in [1.165, 1.54) is 11.1 Å². The first-order chi connectivity index (χ1) is 10.4. The SMILES string of the molecule is CC(C)c1ccc(C(NC(=O)C2CCC(N)C2)C(C)C)cc1. The van der Waals surface area contributed by atoms with Crippen molar-refractivity contribution in [3.63, 3.8) is 0 Å². The van der Waals surface area contributed by atoms with Gasteiger partial charge in [-0.05, 0) is 42.2 Å². The van der Waals surface area contributed by atoms with Gasteiger partial charge in [-0.2, -0.15) is 0 Å². The molecule has 0 saturated heterocycles. The van der Waals surface area contributed by atoms with Crippen LogP contribution in [0.3, 0.4) is 0 Å². The second kappa shape index (κ2) is 7.28. The maximum absolute atomic E-state index is 12.5. The van der Waals surface area contributed by atoms with Crippen LogP contribution in [-0.2, 0) is 4.79 Å². The molecule has 1 aromatic carbocycles. The molecule has 0 radical (unpaired) electrons. The van der Waals surface area contributed by atoms with Gasteiger partial charge < -0.3 is 11.1 Å². The fourth-order valence-corrected chi connectivity index (χ4v) is 3.25. The Bertz CT molecular complexity index is 493. The van der Waals surface area contributed by atoms with Crippen molar-refractivity contribution in [2.45, 2.75) is 65.0 Å². The van der Waals surface area contributed by atoms with Gasteiger partial charge in [0.05, 0.1) is 6.04 Å². The first kappa shape index (κ1) is 17.0. The zero-order chi connectivity index (χ0) is 16.3. The van der Waals surface area contributed by atoms with Crippen molar-refractivity contribution in [3.8, 4) is 0 Å². The van der Waals surface area contributed by atoms with Crippen molar-refractivity contribution in [1.82, 2.24) is 5.32 Å². The molecule has 0 heterocycles. The van der Waals surface area contributed by atoms with E-state index in [-0.39, 0.29) is 23.9 Å². The molecule has 1 aliphatic rings. The fourth-order valence-electron chi connectivity index (χ4n) is 3.25. The number of nitrogens with two attached hydrogens (primary N) is 1. The second-order valence-electron chi connectivity index (χ2n) is 7.32. The van der Waals surface area contributed by atoms with E-state index in [1.54, 1.807) is 0 Å². The standard InChI is InChI=1S/C19H30N2O/c1-12(2)14-5-7-15(8-6-14)18(13(3)4)21-19(22)16-9-10-17(20)11-16/h5-8,12-13,16-18H,9-11,20H2,1-4H3,(H,21,22). The summed E-state index contributed by atoms with van der Waals surface area (Å²) in [5.41, 5.74) is 8.45. The van der Waals surface area contributed by atoms with Crippen LogP contribution in [0, 0.1) is 11.8 Å². The molecule has 0 bridgehead atoms. The van der Waals surface area contributed by atoms with Gasteiger partial charge in [0, 0.05) is 12.0 Å². The molecule has 3 nitrogen and oxygen atoms in total. The Balaban J connectivity index is 2.07. The summed E-state index contributed by atoms with van der Waals surface area (Å²) in [7, 11) is 0. The predicted octanol–water partition coefficient (Wildman–Crippen LogP) is 3.75. The topological polar surface area (TPSA) is 55.1 Å². The summed E-state index contributed by atoms with van der Waals surface area (Å²) in [6.45, 7) is 8.70. The lowest BCUT2D eigenvalue weighted by atomic mass is 9.92. The van der Waals surface area contributed by atoms with Crippen molar-refractivity contribution in [2.75, 3.05) is 0 Å². The number of hydrogen-bond donors (Lipinski definition) is 2. The van der Waals surface area contributed by atoms with Crippen LogP contribution in [0.2, 0.25) is 0 Å². The number of rotatable bonds is 5. The second-order valence-corrected chi connectivity index (χ2v) is 7.32. The molecule has 1 aromatic rings. The van der Waals surface area contributed by atoms with Crippen LogP contribution in [0.25, 0.3) is 0 Å². The third kappa shape index (κ3) is 4.10. The molecule has 2 rings (SSSR count). The Labute approximate surface area is 134 Å². The van der Waals surface area contributed by atoms with E-state index in [4.69, 9.17) is 5.73 Å². The van der Waals surface area contributed by atoms with Crippen LogP contribution in [-0.4, -0.2) is 11.9 Å². The lowest BCUT2D eigenvalue weighted by Crippen LogP contribution is -2.36. The monoisotopic (exact) mass is 302 g/mol. The van der Waals surface area contributed by atoms with E-state index in [1.807, 2.05) is 0 Å². The van der Waals surface area contributed by atoms with Gasteiger partial charge in [-0.15, -0.1) is 0 Å². The molecule has 1 aliphatic carbocycles. The lowest BCUT2D eigenvalue weighted by molar-refractivity contribution is -0.125. The first-order valence-corrected chi connectivity index (χ1v) is 8.54. The van der Waals surface area contributed by atoms with Gasteiger partial charge in [0.25, 0.3) is 0 Å². The lowest BCUT2D eigenvalue weighted by Gasteiger charge is -2.25. The Morgan fingerprint density at radius 1 is 1.09 bits per heavy atom. The number of hydrogen-bond acceptors (Lipinski definition) is 2. The summed E-state index contributed by atoms with van der Waals surface area (Å²) in [6.07, 6.45) is 2.71. The highest BCUT2D eigenvalue weighted by Gasteiger charge is 2.30. The zero-order valence-electron chi connectivity index (χ0n) is 14.3. The predicted molar refractivity (Wildman–Crippen MR) is 91.6 cm³/mol. The molecule has 122 valence electrons. The largest absolute Gasteiger partial charge is 0.349 e. The maximum atomic E-state index is 12.5. The van der Waals surface area contributed by atoms with E-state index >= 15 is 0 Å². The van der Waals surface area contributed by atoms with Crippen LogP contribution in [0.5, 0.6) is 0 Å². The van der Waals surface area contributed by atoms with Crippen LogP contribution in [0.15, 0.2) is 24.3 Å². The summed E-state index contributed by atoms with van der Waals surface area (Å²) in [6, 6.07) is 8.92. The van der Waals surface area contributed by atoms with E-state index < -0.39 is 0 Å². The fraction of sp³-hybridized carbons (Fsp3) is 0.632. The van der Waals surface area contributed by atoms with Crippen LogP contribution in [0.4, 0.5) is 0 Å². The minimum absolute atomic E-state index is 0.0746. The van der Waals surface area contributed by atoms with Crippen molar-refractivity contribution in [3.05, 3.63) is 35.4 Å². The average Bonchev–Trinajstić information content (AvgIpc) is 2.91. The molecule has 0 spiro atoms. The van der Waals surface area contributed by atoms with Crippen molar-refractivity contribution < 1.29 is 4.79 Å². The number of amides is 1. The molecule has 1 amide bonds.